The van der Waals surface area contributed by atoms with Crippen molar-refractivity contribution in [1.82, 2.24) is 0 Å². The van der Waals surface area contributed by atoms with Crippen LogP contribution in [0.25, 0.3) is 0 Å². The summed E-state index contributed by atoms with van der Waals surface area (Å²) in [5, 5.41) is 0. The van der Waals surface area contributed by atoms with Crippen LogP contribution in [0.15, 0.2) is 11.1 Å². The van der Waals surface area contributed by atoms with E-state index in [2.05, 4.69) is 0 Å². The second-order valence-corrected chi connectivity index (χ2v) is 5.07. The molecular weight excluding hydrogens is 199 g/mol. The molecule has 0 aromatic carbocycles. The Hall–Kier alpha value is 0.470. The fourth-order valence-electron chi connectivity index (χ4n) is 0.982. The molecule has 7 heavy (non-hydrogen) atoms. The molecule has 0 aromatic heterocycles. The first-order chi connectivity index (χ1) is 3.47. The molecule has 2 rings (SSSR count). The van der Waals surface area contributed by atoms with Crippen LogP contribution < -0.4 is 21.2 Å². The third kappa shape index (κ3) is 0.712. The summed E-state index contributed by atoms with van der Waals surface area (Å²) in [5.74, 6) is 0. The van der Waals surface area contributed by atoms with E-state index in [1.165, 1.54) is 12.8 Å². The first-order valence-corrected chi connectivity index (χ1v) is 5.75. The van der Waals surface area contributed by atoms with Gasteiger partial charge in [0.25, 0.3) is 0 Å². The molecule has 0 amide bonds. The number of halogens is 1. The second kappa shape index (κ2) is 1.47. The van der Waals surface area contributed by atoms with Crippen molar-refractivity contribution in [2.75, 3.05) is 8.86 Å². The van der Waals surface area contributed by atoms with Crippen LogP contribution in [0.5, 0.6) is 0 Å². The summed E-state index contributed by atoms with van der Waals surface area (Å²) < 4.78 is 3.13. The van der Waals surface area contributed by atoms with Crippen molar-refractivity contribution < 1.29 is 21.2 Å². The van der Waals surface area contributed by atoms with Crippen LogP contribution in [0.2, 0.25) is 0 Å². The topological polar surface area (TPSA) is 0 Å². The van der Waals surface area contributed by atoms with Gasteiger partial charge in [0.1, 0.15) is 0 Å². The van der Waals surface area contributed by atoms with E-state index >= 15 is 0 Å². The molecule has 0 spiro atoms. The van der Waals surface area contributed by atoms with Crippen molar-refractivity contribution in [1.29, 1.82) is 0 Å². The molecule has 0 aromatic rings. The summed E-state index contributed by atoms with van der Waals surface area (Å²) >= 11 is 0.658. The summed E-state index contributed by atoms with van der Waals surface area (Å²) in [7, 11) is 0. The third-order valence-electron chi connectivity index (χ3n) is 1.59. The fraction of sp³-hybridized carbons (Fsp3) is 0.667. The van der Waals surface area contributed by atoms with Crippen molar-refractivity contribution >= 4 is 0 Å². The monoisotopic (exact) mass is 207 g/mol. The molecule has 1 aliphatic carbocycles. The Morgan fingerprint density at radius 1 is 1.29 bits per heavy atom. The Kier molecular flexibility index (Phi) is 0.916. The van der Waals surface area contributed by atoms with Gasteiger partial charge in [0.2, 0.25) is 0 Å². The summed E-state index contributed by atoms with van der Waals surface area (Å²) in [6.45, 7) is 0. The van der Waals surface area contributed by atoms with Gasteiger partial charge in [0.15, 0.2) is 0 Å². The van der Waals surface area contributed by atoms with Gasteiger partial charge in [-0.2, -0.15) is 0 Å². The predicted molar refractivity (Wildman–Crippen MR) is 26.0 cm³/mol. The normalized spacial score (nSPS) is 28.6. The fourth-order valence-corrected chi connectivity index (χ4v) is 3.86. The van der Waals surface area contributed by atoms with Crippen LogP contribution in [-0.2, 0) is 0 Å². The molecule has 0 nitrogen and oxygen atoms in total. The molecular formula is C6H8I-. The van der Waals surface area contributed by atoms with Gasteiger partial charge in [-0.1, -0.05) is 0 Å². The molecule has 2 aliphatic rings. The first kappa shape index (κ1) is 4.36. The zero-order valence-corrected chi connectivity index (χ0v) is 6.36. The Morgan fingerprint density at radius 2 is 2.29 bits per heavy atom. The standard InChI is InChI=1S/C6H8I/c1-2-7-4-6-3-5(1)6/h1-4H2/q-1. The molecule has 40 valence electrons. The molecule has 0 saturated carbocycles. The quantitative estimate of drug-likeness (QED) is 0.249. The Bertz CT molecular complexity index is 110. The molecule has 1 heterocycles. The number of rotatable bonds is 0. The zero-order chi connectivity index (χ0) is 4.69. The number of allylic oxidation sites excluding steroid dienone is 2. The van der Waals surface area contributed by atoms with Gasteiger partial charge in [0.05, 0.1) is 0 Å². The zero-order valence-electron chi connectivity index (χ0n) is 4.21. The maximum absolute atomic E-state index is 1.85. The van der Waals surface area contributed by atoms with E-state index in [9.17, 15) is 0 Å². The van der Waals surface area contributed by atoms with Gasteiger partial charge in [-0.15, -0.1) is 0 Å². The molecule has 1 aliphatic heterocycles. The van der Waals surface area contributed by atoms with Crippen LogP contribution in [0.1, 0.15) is 12.8 Å². The Balaban J connectivity index is 2.15. The van der Waals surface area contributed by atoms with Crippen LogP contribution >= 0.6 is 0 Å². The average Bonchev–Trinajstić information content (AvgIpc) is 2.41. The van der Waals surface area contributed by atoms with Gasteiger partial charge in [0, 0.05) is 0 Å². The Morgan fingerprint density at radius 3 is 2.86 bits per heavy atom. The van der Waals surface area contributed by atoms with E-state index in [1.807, 2.05) is 11.1 Å². The number of alkyl halides is 2. The molecule has 1 heteroatoms. The van der Waals surface area contributed by atoms with E-state index < -0.39 is 0 Å². The molecule has 0 atom stereocenters. The molecule has 0 N–H and O–H groups in total. The van der Waals surface area contributed by atoms with Crippen molar-refractivity contribution in [3.05, 3.63) is 11.1 Å². The summed E-state index contributed by atoms with van der Waals surface area (Å²) in [6, 6.07) is 0. The van der Waals surface area contributed by atoms with Gasteiger partial charge >= 0.3 is 54.0 Å². The van der Waals surface area contributed by atoms with E-state index in [1.54, 1.807) is 8.86 Å². The summed E-state index contributed by atoms with van der Waals surface area (Å²) in [5.41, 5.74) is 3.67. The number of hydrogen-bond donors (Lipinski definition) is 0. The van der Waals surface area contributed by atoms with Crippen LogP contribution in [0, 0.1) is 0 Å². The van der Waals surface area contributed by atoms with Crippen molar-refractivity contribution in [3.63, 3.8) is 0 Å². The second-order valence-electron chi connectivity index (χ2n) is 2.15. The Labute approximate surface area is 54.2 Å². The molecule has 0 fully saturated rings. The minimum atomic E-state index is 0.658. The predicted octanol–water partition coefficient (Wildman–Crippen LogP) is -1.82. The average molecular weight is 207 g/mol. The van der Waals surface area contributed by atoms with E-state index in [0.717, 1.165) is 0 Å². The van der Waals surface area contributed by atoms with Crippen LogP contribution in [-0.4, -0.2) is 8.86 Å². The van der Waals surface area contributed by atoms with E-state index in [-0.39, 0.29) is 0 Å². The summed E-state index contributed by atoms with van der Waals surface area (Å²) in [6.07, 6.45) is 2.93. The van der Waals surface area contributed by atoms with Gasteiger partial charge in [-0.25, -0.2) is 0 Å². The van der Waals surface area contributed by atoms with Gasteiger partial charge < -0.3 is 0 Å². The molecule has 0 bridgehead atoms. The van der Waals surface area contributed by atoms with E-state index in [0.29, 0.717) is 21.2 Å². The summed E-state index contributed by atoms with van der Waals surface area (Å²) in [4.78, 5) is 0. The molecule has 0 unspecified atom stereocenters. The van der Waals surface area contributed by atoms with Crippen molar-refractivity contribution in [3.8, 4) is 0 Å². The first-order valence-electron chi connectivity index (χ1n) is 2.70. The number of hydrogen-bond acceptors (Lipinski definition) is 0. The third-order valence-corrected chi connectivity index (χ3v) is 4.35. The van der Waals surface area contributed by atoms with Gasteiger partial charge in [-0.05, 0) is 0 Å². The van der Waals surface area contributed by atoms with Crippen LogP contribution in [0.4, 0.5) is 0 Å². The maximum atomic E-state index is 1.85. The van der Waals surface area contributed by atoms with Gasteiger partial charge in [-0.3, -0.25) is 0 Å². The van der Waals surface area contributed by atoms with E-state index in [4.69, 9.17) is 0 Å². The molecule has 0 saturated heterocycles. The van der Waals surface area contributed by atoms with Crippen LogP contribution in [0.3, 0.4) is 0 Å². The van der Waals surface area contributed by atoms with Crippen molar-refractivity contribution in [2.24, 2.45) is 0 Å². The minimum absolute atomic E-state index is 0.658. The molecule has 0 radical (unpaired) electrons. The SMILES string of the molecule is C1CC2=C(C[I-]1)C2. The van der Waals surface area contributed by atoms with Crippen molar-refractivity contribution in [2.45, 2.75) is 12.8 Å².